The third-order valence-corrected chi connectivity index (χ3v) is 3.00. The standard InChI is InChI=1S/C13H17ClFNO2/c1-3-16(7-6-13(17)18-2)9-10-4-5-11(14)12(15)8-10/h4-5,8H,3,6-7,9H2,1-2H3. The summed E-state index contributed by atoms with van der Waals surface area (Å²) in [5, 5.41) is 0.122. The Labute approximate surface area is 111 Å². The van der Waals surface area contributed by atoms with E-state index in [0.717, 1.165) is 12.1 Å². The number of halogens is 2. The molecular weight excluding hydrogens is 257 g/mol. The second-order valence-electron chi connectivity index (χ2n) is 3.94. The fourth-order valence-corrected chi connectivity index (χ4v) is 1.71. The normalized spacial score (nSPS) is 10.7. The Hall–Kier alpha value is -1.13. The van der Waals surface area contributed by atoms with Crippen LogP contribution in [0.1, 0.15) is 18.9 Å². The minimum absolute atomic E-state index is 0.122. The maximum absolute atomic E-state index is 13.3. The van der Waals surface area contributed by atoms with Gasteiger partial charge in [-0.15, -0.1) is 0 Å². The lowest BCUT2D eigenvalue weighted by molar-refractivity contribution is -0.141. The van der Waals surface area contributed by atoms with Crippen molar-refractivity contribution in [3.05, 3.63) is 34.6 Å². The molecule has 0 unspecified atom stereocenters. The smallest absolute Gasteiger partial charge is 0.306 e. The molecule has 18 heavy (non-hydrogen) atoms. The summed E-state index contributed by atoms with van der Waals surface area (Å²) in [6.45, 7) is 3.94. The quantitative estimate of drug-likeness (QED) is 0.747. The average Bonchev–Trinajstić information content (AvgIpc) is 2.38. The van der Waals surface area contributed by atoms with Crippen LogP contribution in [0.4, 0.5) is 4.39 Å². The van der Waals surface area contributed by atoms with E-state index in [4.69, 9.17) is 11.6 Å². The number of hydrogen-bond acceptors (Lipinski definition) is 3. The lowest BCUT2D eigenvalue weighted by atomic mass is 10.2. The molecule has 1 aromatic carbocycles. The van der Waals surface area contributed by atoms with Gasteiger partial charge in [0.05, 0.1) is 18.6 Å². The SMILES string of the molecule is CCN(CCC(=O)OC)Cc1ccc(Cl)c(F)c1. The Bertz CT molecular complexity index is 412. The van der Waals surface area contributed by atoms with E-state index in [-0.39, 0.29) is 11.0 Å². The van der Waals surface area contributed by atoms with Crippen molar-refractivity contribution in [3.63, 3.8) is 0 Å². The zero-order valence-corrected chi connectivity index (χ0v) is 11.3. The van der Waals surface area contributed by atoms with Gasteiger partial charge >= 0.3 is 5.97 Å². The van der Waals surface area contributed by atoms with Gasteiger partial charge in [0.1, 0.15) is 5.82 Å². The fourth-order valence-electron chi connectivity index (χ4n) is 1.60. The van der Waals surface area contributed by atoms with E-state index in [2.05, 4.69) is 4.74 Å². The lowest BCUT2D eigenvalue weighted by Crippen LogP contribution is -2.26. The summed E-state index contributed by atoms with van der Waals surface area (Å²) in [5.41, 5.74) is 0.837. The number of esters is 1. The number of nitrogens with zero attached hydrogens (tertiary/aromatic N) is 1. The van der Waals surface area contributed by atoms with Gasteiger partial charge in [-0.05, 0) is 24.2 Å². The minimum atomic E-state index is -0.418. The molecular formula is C13H17ClFNO2. The molecule has 0 heterocycles. The zero-order valence-electron chi connectivity index (χ0n) is 10.6. The van der Waals surface area contributed by atoms with Crippen LogP contribution in [0.2, 0.25) is 5.02 Å². The minimum Gasteiger partial charge on any atom is -0.469 e. The largest absolute Gasteiger partial charge is 0.469 e. The van der Waals surface area contributed by atoms with Crippen molar-refractivity contribution in [1.82, 2.24) is 4.90 Å². The van der Waals surface area contributed by atoms with Gasteiger partial charge in [0, 0.05) is 13.1 Å². The van der Waals surface area contributed by atoms with E-state index in [0.29, 0.717) is 19.5 Å². The van der Waals surface area contributed by atoms with Crippen LogP contribution >= 0.6 is 11.6 Å². The predicted octanol–water partition coefficient (Wildman–Crippen LogP) is 2.86. The Morgan fingerprint density at radius 1 is 1.50 bits per heavy atom. The van der Waals surface area contributed by atoms with Crippen LogP contribution in [0.25, 0.3) is 0 Å². The molecule has 0 fully saturated rings. The number of ether oxygens (including phenoxy) is 1. The summed E-state index contributed by atoms with van der Waals surface area (Å²) < 4.78 is 17.9. The number of carbonyl (C=O) groups excluding carboxylic acids is 1. The van der Waals surface area contributed by atoms with Crippen LogP contribution in [0.3, 0.4) is 0 Å². The van der Waals surface area contributed by atoms with Gasteiger partial charge in [-0.25, -0.2) is 4.39 Å². The van der Waals surface area contributed by atoms with Crippen LogP contribution in [0.15, 0.2) is 18.2 Å². The molecule has 3 nitrogen and oxygen atoms in total. The molecule has 0 bridgehead atoms. The Morgan fingerprint density at radius 2 is 2.22 bits per heavy atom. The number of rotatable bonds is 6. The number of carbonyl (C=O) groups is 1. The van der Waals surface area contributed by atoms with Gasteiger partial charge in [0.15, 0.2) is 0 Å². The first-order chi connectivity index (χ1) is 8.56. The zero-order chi connectivity index (χ0) is 13.5. The molecule has 0 amide bonds. The van der Waals surface area contributed by atoms with Crippen LogP contribution in [-0.4, -0.2) is 31.1 Å². The van der Waals surface area contributed by atoms with Gasteiger partial charge in [-0.2, -0.15) is 0 Å². The summed E-state index contributed by atoms with van der Waals surface area (Å²) in [7, 11) is 1.37. The van der Waals surface area contributed by atoms with Crippen LogP contribution in [-0.2, 0) is 16.1 Å². The molecule has 1 rings (SSSR count). The second kappa shape index (κ2) is 7.34. The first kappa shape index (κ1) is 14.9. The molecule has 0 saturated carbocycles. The highest BCUT2D eigenvalue weighted by atomic mass is 35.5. The number of benzene rings is 1. The summed E-state index contributed by atoms with van der Waals surface area (Å²) >= 11 is 5.62. The van der Waals surface area contributed by atoms with Crippen molar-refractivity contribution >= 4 is 17.6 Å². The van der Waals surface area contributed by atoms with Gasteiger partial charge in [0.2, 0.25) is 0 Å². The average molecular weight is 274 g/mol. The van der Waals surface area contributed by atoms with Crippen molar-refractivity contribution in [2.75, 3.05) is 20.2 Å². The molecule has 1 aromatic rings. The first-order valence-corrected chi connectivity index (χ1v) is 6.17. The van der Waals surface area contributed by atoms with Crippen molar-refractivity contribution < 1.29 is 13.9 Å². The molecule has 0 N–H and O–H groups in total. The highest BCUT2D eigenvalue weighted by Gasteiger charge is 2.09. The van der Waals surface area contributed by atoms with Crippen LogP contribution in [0.5, 0.6) is 0 Å². The van der Waals surface area contributed by atoms with Gasteiger partial charge in [0.25, 0.3) is 0 Å². The summed E-state index contributed by atoms with van der Waals surface area (Å²) in [6, 6.07) is 4.75. The van der Waals surface area contributed by atoms with Crippen LogP contribution < -0.4 is 0 Å². The van der Waals surface area contributed by atoms with Crippen molar-refractivity contribution in [1.29, 1.82) is 0 Å². The first-order valence-electron chi connectivity index (χ1n) is 5.80. The molecule has 100 valence electrons. The van der Waals surface area contributed by atoms with Gasteiger partial charge in [-0.1, -0.05) is 24.6 Å². The molecule has 0 saturated heterocycles. The maximum atomic E-state index is 13.3. The number of hydrogen-bond donors (Lipinski definition) is 0. The summed E-state index contributed by atoms with van der Waals surface area (Å²) in [5.74, 6) is -0.658. The van der Waals surface area contributed by atoms with E-state index in [1.807, 2.05) is 11.8 Å². The highest BCUT2D eigenvalue weighted by molar-refractivity contribution is 6.30. The molecule has 0 atom stereocenters. The predicted molar refractivity (Wildman–Crippen MR) is 69.0 cm³/mol. The van der Waals surface area contributed by atoms with E-state index >= 15 is 0 Å². The van der Waals surface area contributed by atoms with Gasteiger partial charge in [-0.3, -0.25) is 9.69 Å². The third kappa shape index (κ3) is 4.63. The van der Waals surface area contributed by atoms with E-state index in [1.165, 1.54) is 13.2 Å². The van der Waals surface area contributed by atoms with Gasteiger partial charge < -0.3 is 4.74 Å². The summed E-state index contributed by atoms with van der Waals surface area (Å²) in [4.78, 5) is 13.1. The second-order valence-corrected chi connectivity index (χ2v) is 4.35. The van der Waals surface area contributed by atoms with Crippen molar-refractivity contribution in [2.24, 2.45) is 0 Å². The molecule has 5 heteroatoms. The highest BCUT2D eigenvalue weighted by Crippen LogP contribution is 2.16. The van der Waals surface area contributed by atoms with E-state index < -0.39 is 5.82 Å². The monoisotopic (exact) mass is 273 g/mol. The number of methoxy groups -OCH3 is 1. The summed E-state index contributed by atoms with van der Waals surface area (Å²) in [6.07, 6.45) is 0.334. The van der Waals surface area contributed by atoms with Crippen LogP contribution in [0, 0.1) is 5.82 Å². The third-order valence-electron chi connectivity index (χ3n) is 2.70. The Kier molecular flexibility index (Phi) is 6.09. The molecule has 0 aromatic heterocycles. The molecule has 0 spiro atoms. The molecule has 0 aliphatic heterocycles. The van der Waals surface area contributed by atoms with Crippen molar-refractivity contribution in [2.45, 2.75) is 19.9 Å². The fraction of sp³-hybridized carbons (Fsp3) is 0.462. The molecule has 0 aliphatic carbocycles. The molecule has 0 radical (unpaired) electrons. The van der Waals surface area contributed by atoms with E-state index in [1.54, 1.807) is 12.1 Å². The Balaban J connectivity index is 2.56. The van der Waals surface area contributed by atoms with E-state index in [9.17, 15) is 9.18 Å². The van der Waals surface area contributed by atoms with Crippen molar-refractivity contribution in [3.8, 4) is 0 Å². The maximum Gasteiger partial charge on any atom is 0.306 e. The topological polar surface area (TPSA) is 29.5 Å². The molecule has 0 aliphatic rings. The lowest BCUT2D eigenvalue weighted by Gasteiger charge is -2.19. The Morgan fingerprint density at radius 3 is 2.78 bits per heavy atom.